The average molecular weight is 320 g/mol. The summed E-state index contributed by atoms with van der Waals surface area (Å²) in [6, 6.07) is 8.14. The number of hydrogen-bond donors (Lipinski definition) is 0. The van der Waals surface area contributed by atoms with Crippen molar-refractivity contribution in [2.75, 3.05) is 0 Å². The van der Waals surface area contributed by atoms with E-state index in [9.17, 15) is 4.79 Å². The first-order valence-corrected chi connectivity index (χ1v) is 7.31. The standard InChI is InChI=1S/C16H18BrNO/c1-16(2,3)15(19)14(17)9-11-5-4-6-12-10-18-8-7-13(11)12/h4-8,10,14H,9H2,1-3H3. The number of carbonyl (C=O) groups is 1. The van der Waals surface area contributed by atoms with Crippen LogP contribution in [0.25, 0.3) is 10.8 Å². The lowest BCUT2D eigenvalue weighted by Gasteiger charge is -2.21. The summed E-state index contributed by atoms with van der Waals surface area (Å²) in [5, 5.41) is 2.28. The summed E-state index contributed by atoms with van der Waals surface area (Å²) in [6.07, 6.45) is 4.35. The van der Waals surface area contributed by atoms with Gasteiger partial charge >= 0.3 is 0 Å². The second kappa shape index (κ2) is 5.41. The topological polar surface area (TPSA) is 30.0 Å². The summed E-state index contributed by atoms with van der Waals surface area (Å²) in [7, 11) is 0. The van der Waals surface area contributed by atoms with E-state index in [1.165, 1.54) is 10.9 Å². The van der Waals surface area contributed by atoms with Crippen molar-refractivity contribution in [2.24, 2.45) is 5.41 Å². The Morgan fingerprint density at radius 1 is 1.32 bits per heavy atom. The van der Waals surface area contributed by atoms with Crippen LogP contribution in [0.15, 0.2) is 36.7 Å². The molecule has 0 saturated heterocycles. The van der Waals surface area contributed by atoms with E-state index in [4.69, 9.17) is 0 Å². The predicted molar refractivity (Wildman–Crippen MR) is 82.6 cm³/mol. The molecule has 2 nitrogen and oxygen atoms in total. The zero-order chi connectivity index (χ0) is 14.0. The Hall–Kier alpha value is -1.22. The minimum absolute atomic E-state index is 0.147. The highest BCUT2D eigenvalue weighted by molar-refractivity contribution is 9.10. The minimum Gasteiger partial charge on any atom is -0.298 e. The van der Waals surface area contributed by atoms with Crippen molar-refractivity contribution < 1.29 is 4.79 Å². The maximum Gasteiger partial charge on any atom is 0.152 e. The van der Waals surface area contributed by atoms with Crippen LogP contribution in [0.1, 0.15) is 26.3 Å². The van der Waals surface area contributed by atoms with E-state index in [1.54, 1.807) is 6.20 Å². The molecule has 0 fully saturated rings. The van der Waals surface area contributed by atoms with Crippen molar-refractivity contribution in [3.63, 3.8) is 0 Å². The van der Waals surface area contributed by atoms with E-state index in [0.717, 1.165) is 5.39 Å². The highest BCUT2D eigenvalue weighted by atomic mass is 79.9. The lowest BCUT2D eigenvalue weighted by atomic mass is 9.87. The number of aromatic nitrogens is 1. The zero-order valence-electron chi connectivity index (χ0n) is 11.5. The fraction of sp³-hybridized carbons (Fsp3) is 0.375. The molecule has 0 N–H and O–H groups in total. The molecule has 19 heavy (non-hydrogen) atoms. The first-order valence-electron chi connectivity index (χ1n) is 6.39. The Bertz CT molecular complexity index is 596. The third-order valence-electron chi connectivity index (χ3n) is 3.19. The predicted octanol–water partition coefficient (Wildman–Crippen LogP) is 4.16. The number of rotatable bonds is 3. The normalized spacial score (nSPS) is 13.5. The van der Waals surface area contributed by atoms with Gasteiger partial charge in [-0.2, -0.15) is 0 Å². The number of carbonyl (C=O) groups excluding carboxylic acids is 1. The molecule has 0 amide bonds. The molecule has 0 bridgehead atoms. The van der Waals surface area contributed by atoms with Crippen molar-refractivity contribution in [1.82, 2.24) is 4.98 Å². The van der Waals surface area contributed by atoms with Crippen LogP contribution in [0.4, 0.5) is 0 Å². The first-order chi connectivity index (χ1) is 8.89. The molecular weight excluding hydrogens is 302 g/mol. The average Bonchev–Trinajstić information content (AvgIpc) is 2.37. The quantitative estimate of drug-likeness (QED) is 0.795. The van der Waals surface area contributed by atoms with E-state index >= 15 is 0 Å². The van der Waals surface area contributed by atoms with Crippen LogP contribution >= 0.6 is 15.9 Å². The molecule has 2 aromatic rings. The van der Waals surface area contributed by atoms with Crippen LogP contribution in [0.2, 0.25) is 0 Å². The number of alkyl halides is 1. The molecule has 1 aromatic heterocycles. The molecular formula is C16H18BrNO. The van der Waals surface area contributed by atoms with Crippen molar-refractivity contribution in [3.05, 3.63) is 42.2 Å². The van der Waals surface area contributed by atoms with Crippen LogP contribution in [0.5, 0.6) is 0 Å². The number of hydrogen-bond acceptors (Lipinski definition) is 2. The van der Waals surface area contributed by atoms with E-state index in [-0.39, 0.29) is 16.0 Å². The Kier molecular flexibility index (Phi) is 4.04. The van der Waals surface area contributed by atoms with Crippen molar-refractivity contribution in [1.29, 1.82) is 0 Å². The first kappa shape index (κ1) is 14.2. The van der Waals surface area contributed by atoms with Crippen molar-refractivity contribution in [2.45, 2.75) is 32.0 Å². The molecule has 1 unspecified atom stereocenters. The third-order valence-corrected chi connectivity index (χ3v) is 3.93. The monoisotopic (exact) mass is 319 g/mol. The number of fused-ring (bicyclic) bond motifs is 1. The number of benzene rings is 1. The number of Topliss-reactive ketones (excluding diaryl/α,β-unsaturated/α-hetero) is 1. The number of pyridine rings is 1. The van der Waals surface area contributed by atoms with E-state index in [0.29, 0.717) is 6.42 Å². The van der Waals surface area contributed by atoms with Gasteiger partial charge in [-0.1, -0.05) is 54.9 Å². The van der Waals surface area contributed by atoms with Crippen LogP contribution in [-0.2, 0) is 11.2 Å². The Labute approximate surface area is 122 Å². The SMILES string of the molecule is CC(C)(C)C(=O)C(Br)Cc1cccc2cnccc12. The largest absolute Gasteiger partial charge is 0.298 e. The molecule has 0 spiro atoms. The Morgan fingerprint density at radius 2 is 2.05 bits per heavy atom. The summed E-state index contributed by atoms with van der Waals surface area (Å²) in [6.45, 7) is 5.86. The van der Waals surface area contributed by atoms with Gasteiger partial charge in [0.05, 0.1) is 4.83 Å². The summed E-state index contributed by atoms with van der Waals surface area (Å²) < 4.78 is 0. The van der Waals surface area contributed by atoms with Crippen LogP contribution in [-0.4, -0.2) is 15.6 Å². The summed E-state index contributed by atoms with van der Waals surface area (Å²) in [5.41, 5.74) is 0.861. The van der Waals surface area contributed by atoms with Gasteiger partial charge in [0.15, 0.2) is 5.78 Å². The molecule has 0 aliphatic rings. The maximum absolute atomic E-state index is 12.2. The zero-order valence-corrected chi connectivity index (χ0v) is 13.1. The van der Waals surface area contributed by atoms with E-state index < -0.39 is 0 Å². The molecule has 0 aliphatic heterocycles. The molecule has 0 aliphatic carbocycles. The molecule has 3 heteroatoms. The van der Waals surface area contributed by atoms with E-state index in [2.05, 4.69) is 27.0 Å². The Balaban J connectivity index is 2.29. The molecule has 100 valence electrons. The Morgan fingerprint density at radius 3 is 2.74 bits per heavy atom. The lowest BCUT2D eigenvalue weighted by molar-refractivity contribution is -0.125. The van der Waals surface area contributed by atoms with Gasteiger partial charge in [0, 0.05) is 23.2 Å². The molecule has 1 atom stereocenters. The second-order valence-electron chi connectivity index (χ2n) is 5.80. The molecule has 1 heterocycles. The number of nitrogens with zero attached hydrogens (tertiary/aromatic N) is 1. The van der Waals surface area contributed by atoms with Gasteiger partial charge in [-0.3, -0.25) is 9.78 Å². The maximum atomic E-state index is 12.2. The molecule has 1 aromatic carbocycles. The molecule has 2 rings (SSSR count). The van der Waals surface area contributed by atoms with Gasteiger partial charge in [-0.05, 0) is 23.4 Å². The van der Waals surface area contributed by atoms with Gasteiger partial charge in [-0.15, -0.1) is 0 Å². The van der Waals surface area contributed by atoms with Crippen molar-refractivity contribution >= 4 is 32.5 Å². The third kappa shape index (κ3) is 3.21. The van der Waals surface area contributed by atoms with Gasteiger partial charge in [0.2, 0.25) is 0 Å². The smallest absolute Gasteiger partial charge is 0.152 e. The van der Waals surface area contributed by atoms with Gasteiger partial charge in [-0.25, -0.2) is 0 Å². The fourth-order valence-electron chi connectivity index (χ4n) is 2.12. The second-order valence-corrected chi connectivity index (χ2v) is 6.91. The van der Waals surface area contributed by atoms with Crippen LogP contribution in [0, 0.1) is 5.41 Å². The molecule has 0 saturated carbocycles. The minimum atomic E-state index is -0.319. The lowest BCUT2D eigenvalue weighted by Crippen LogP contribution is -2.30. The fourth-order valence-corrected chi connectivity index (χ4v) is 3.16. The van der Waals surface area contributed by atoms with Crippen molar-refractivity contribution in [3.8, 4) is 0 Å². The summed E-state index contributed by atoms with van der Waals surface area (Å²) >= 11 is 3.54. The summed E-state index contributed by atoms with van der Waals surface area (Å²) in [4.78, 5) is 16.2. The highest BCUT2D eigenvalue weighted by Gasteiger charge is 2.28. The van der Waals surface area contributed by atoms with Gasteiger partial charge < -0.3 is 0 Å². The summed E-state index contributed by atoms with van der Waals surface area (Å²) in [5.74, 6) is 0.235. The highest BCUT2D eigenvalue weighted by Crippen LogP contribution is 2.26. The van der Waals surface area contributed by atoms with Crippen LogP contribution < -0.4 is 0 Å². The van der Waals surface area contributed by atoms with Gasteiger partial charge in [0.25, 0.3) is 0 Å². The number of ketones is 1. The molecule has 0 radical (unpaired) electrons. The van der Waals surface area contributed by atoms with E-state index in [1.807, 2.05) is 45.2 Å². The number of halogens is 1. The van der Waals surface area contributed by atoms with Crippen LogP contribution in [0.3, 0.4) is 0 Å². The van der Waals surface area contributed by atoms with Gasteiger partial charge in [0.1, 0.15) is 0 Å².